The van der Waals surface area contributed by atoms with Crippen LogP contribution >= 0.6 is 11.6 Å². The molecule has 1 aromatic heterocycles. The van der Waals surface area contributed by atoms with Crippen LogP contribution in [0.2, 0.25) is 5.02 Å². The van der Waals surface area contributed by atoms with Crippen LogP contribution in [0.4, 0.5) is 0 Å². The number of carbonyl (C=O) groups excluding carboxylic acids is 1. The Balaban J connectivity index is 1.77. The third kappa shape index (κ3) is 4.49. The van der Waals surface area contributed by atoms with Crippen molar-refractivity contribution < 1.29 is 17.7 Å². The van der Waals surface area contributed by atoms with Crippen LogP contribution in [0.5, 0.6) is 0 Å². The number of hydrogen-bond donors (Lipinski definition) is 0. The van der Waals surface area contributed by atoms with Gasteiger partial charge in [0.1, 0.15) is 10.6 Å². The standard InChI is InChI=1S/C20H26ClN3O4S/c1-4-23(12-16-8-5-6-10-18(16)21)20(25)17-9-7-11-24(13-17)29(26,27)19-14(2)22-28-15(19)3/h5-6,8,10,17H,4,7,9,11-13H2,1-3H3. The Hall–Kier alpha value is -1.90. The third-order valence-corrected chi connectivity index (χ3v) is 7.79. The van der Waals surface area contributed by atoms with Gasteiger partial charge in [0.2, 0.25) is 15.9 Å². The van der Waals surface area contributed by atoms with Gasteiger partial charge in [-0.15, -0.1) is 0 Å². The lowest BCUT2D eigenvalue weighted by Gasteiger charge is -2.34. The molecule has 0 spiro atoms. The zero-order chi connectivity index (χ0) is 21.2. The Bertz CT molecular complexity index is 970. The van der Waals surface area contributed by atoms with E-state index in [1.807, 2.05) is 25.1 Å². The van der Waals surface area contributed by atoms with E-state index in [0.717, 1.165) is 5.56 Å². The summed E-state index contributed by atoms with van der Waals surface area (Å²) < 4.78 is 32.7. The molecule has 7 nitrogen and oxygen atoms in total. The molecule has 1 aliphatic heterocycles. The summed E-state index contributed by atoms with van der Waals surface area (Å²) in [5, 5.41) is 4.38. The lowest BCUT2D eigenvalue weighted by molar-refractivity contribution is -0.137. The third-order valence-electron chi connectivity index (χ3n) is 5.31. The van der Waals surface area contributed by atoms with Gasteiger partial charge in [0.25, 0.3) is 0 Å². The van der Waals surface area contributed by atoms with Gasteiger partial charge in [-0.1, -0.05) is 35.0 Å². The van der Waals surface area contributed by atoms with E-state index in [-0.39, 0.29) is 29.0 Å². The van der Waals surface area contributed by atoms with E-state index in [1.165, 1.54) is 4.31 Å². The van der Waals surface area contributed by atoms with Gasteiger partial charge in [-0.05, 0) is 45.2 Å². The summed E-state index contributed by atoms with van der Waals surface area (Å²) in [6.07, 6.45) is 1.29. The largest absolute Gasteiger partial charge is 0.360 e. The summed E-state index contributed by atoms with van der Waals surface area (Å²) in [7, 11) is -3.76. The first-order chi connectivity index (χ1) is 13.8. The predicted octanol–water partition coefficient (Wildman–Crippen LogP) is 3.39. The maximum atomic E-state index is 13.2. The van der Waals surface area contributed by atoms with Gasteiger partial charge in [-0.2, -0.15) is 4.31 Å². The average Bonchev–Trinajstić information content (AvgIpc) is 3.06. The van der Waals surface area contributed by atoms with E-state index < -0.39 is 10.0 Å². The van der Waals surface area contributed by atoms with E-state index in [2.05, 4.69) is 5.16 Å². The number of rotatable bonds is 6. The molecule has 1 aliphatic rings. The van der Waals surface area contributed by atoms with Gasteiger partial charge in [0.05, 0.1) is 5.92 Å². The zero-order valence-electron chi connectivity index (χ0n) is 16.9. The molecule has 1 amide bonds. The minimum Gasteiger partial charge on any atom is -0.360 e. The van der Waals surface area contributed by atoms with Gasteiger partial charge >= 0.3 is 0 Å². The molecule has 1 atom stereocenters. The summed E-state index contributed by atoms with van der Waals surface area (Å²) in [5.74, 6) is -0.169. The Kier molecular flexibility index (Phi) is 6.65. The van der Waals surface area contributed by atoms with Crippen LogP contribution in [-0.4, -0.2) is 48.3 Å². The van der Waals surface area contributed by atoms with Crippen molar-refractivity contribution in [3.63, 3.8) is 0 Å². The van der Waals surface area contributed by atoms with E-state index in [4.69, 9.17) is 16.1 Å². The maximum Gasteiger partial charge on any atom is 0.248 e. The summed E-state index contributed by atoms with van der Waals surface area (Å²) >= 11 is 6.25. The van der Waals surface area contributed by atoms with Crippen LogP contribution in [0.1, 0.15) is 36.8 Å². The molecule has 0 saturated carbocycles. The molecule has 0 N–H and O–H groups in total. The smallest absolute Gasteiger partial charge is 0.248 e. The van der Waals surface area contributed by atoms with Crippen LogP contribution in [0.15, 0.2) is 33.7 Å². The molecular weight excluding hydrogens is 414 g/mol. The monoisotopic (exact) mass is 439 g/mol. The van der Waals surface area contributed by atoms with Crippen molar-refractivity contribution in [2.24, 2.45) is 5.92 Å². The highest BCUT2D eigenvalue weighted by Gasteiger charge is 2.37. The van der Waals surface area contributed by atoms with Crippen molar-refractivity contribution in [1.29, 1.82) is 0 Å². The second-order valence-electron chi connectivity index (χ2n) is 7.30. The van der Waals surface area contributed by atoms with E-state index in [1.54, 1.807) is 24.8 Å². The van der Waals surface area contributed by atoms with Crippen molar-refractivity contribution in [3.8, 4) is 0 Å². The molecule has 2 heterocycles. The highest BCUT2D eigenvalue weighted by molar-refractivity contribution is 7.89. The van der Waals surface area contributed by atoms with Crippen molar-refractivity contribution in [2.75, 3.05) is 19.6 Å². The predicted molar refractivity (Wildman–Crippen MR) is 110 cm³/mol. The Morgan fingerprint density at radius 2 is 2.07 bits per heavy atom. The molecule has 9 heteroatoms. The quantitative estimate of drug-likeness (QED) is 0.688. The van der Waals surface area contributed by atoms with Gasteiger partial charge in [-0.3, -0.25) is 4.79 Å². The number of amides is 1. The highest BCUT2D eigenvalue weighted by atomic mass is 35.5. The van der Waals surface area contributed by atoms with Crippen LogP contribution in [0, 0.1) is 19.8 Å². The van der Waals surface area contributed by atoms with E-state index in [0.29, 0.717) is 43.2 Å². The first-order valence-electron chi connectivity index (χ1n) is 9.71. The van der Waals surface area contributed by atoms with Gasteiger partial charge in [0.15, 0.2) is 5.76 Å². The Labute approximate surface area is 176 Å². The number of sulfonamides is 1. The van der Waals surface area contributed by atoms with E-state index in [9.17, 15) is 13.2 Å². The van der Waals surface area contributed by atoms with E-state index >= 15 is 0 Å². The number of aromatic nitrogens is 1. The Morgan fingerprint density at radius 3 is 2.69 bits per heavy atom. The summed E-state index contributed by atoms with van der Waals surface area (Å²) in [4.78, 5) is 15.0. The number of halogens is 1. The molecule has 1 saturated heterocycles. The van der Waals surface area contributed by atoms with Crippen LogP contribution in [0.3, 0.4) is 0 Å². The van der Waals surface area contributed by atoms with Gasteiger partial charge < -0.3 is 9.42 Å². The molecule has 0 aliphatic carbocycles. The molecule has 29 heavy (non-hydrogen) atoms. The lowest BCUT2D eigenvalue weighted by atomic mass is 9.98. The summed E-state index contributed by atoms with van der Waals surface area (Å²) in [6, 6.07) is 7.43. The fraction of sp³-hybridized carbons (Fsp3) is 0.500. The zero-order valence-corrected chi connectivity index (χ0v) is 18.5. The van der Waals surface area contributed by atoms with Crippen molar-refractivity contribution in [3.05, 3.63) is 46.3 Å². The number of nitrogens with zero attached hydrogens (tertiary/aromatic N) is 3. The molecule has 0 bridgehead atoms. The highest BCUT2D eigenvalue weighted by Crippen LogP contribution is 2.29. The second-order valence-corrected chi connectivity index (χ2v) is 9.58. The summed E-state index contributed by atoms with van der Waals surface area (Å²) in [6.45, 7) is 6.58. The fourth-order valence-electron chi connectivity index (χ4n) is 3.77. The normalized spacial score (nSPS) is 18.0. The number of aryl methyl sites for hydroxylation is 2. The molecule has 1 fully saturated rings. The lowest BCUT2D eigenvalue weighted by Crippen LogP contribution is -2.46. The van der Waals surface area contributed by atoms with Gasteiger partial charge in [-0.25, -0.2) is 8.42 Å². The van der Waals surface area contributed by atoms with Crippen molar-refractivity contribution in [1.82, 2.24) is 14.4 Å². The molecule has 0 radical (unpaired) electrons. The van der Waals surface area contributed by atoms with Crippen LogP contribution in [0.25, 0.3) is 0 Å². The Morgan fingerprint density at radius 1 is 1.34 bits per heavy atom. The SMILES string of the molecule is CCN(Cc1ccccc1Cl)C(=O)C1CCCN(S(=O)(=O)c2c(C)noc2C)C1. The minimum atomic E-state index is -3.76. The maximum absolute atomic E-state index is 13.2. The number of piperidine rings is 1. The van der Waals surface area contributed by atoms with Crippen LogP contribution < -0.4 is 0 Å². The first-order valence-corrected chi connectivity index (χ1v) is 11.5. The summed E-state index contributed by atoms with van der Waals surface area (Å²) in [5.41, 5.74) is 1.21. The fourth-order valence-corrected chi connectivity index (χ4v) is 5.78. The molecule has 158 valence electrons. The van der Waals surface area contributed by atoms with Crippen molar-refractivity contribution in [2.45, 2.75) is 45.1 Å². The number of carbonyl (C=O) groups is 1. The first kappa shape index (κ1) is 21.8. The number of benzene rings is 1. The van der Waals surface area contributed by atoms with Gasteiger partial charge in [0, 0.05) is 31.2 Å². The minimum absolute atomic E-state index is 0.0499. The number of hydrogen-bond acceptors (Lipinski definition) is 5. The molecular formula is C20H26ClN3O4S. The molecule has 3 rings (SSSR count). The topological polar surface area (TPSA) is 83.7 Å². The average molecular weight is 440 g/mol. The van der Waals surface area contributed by atoms with Crippen LogP contribution in [-0.2, 0) is 21.4 Å². The molecule has 1 aromatic carbocycles. The molecule has 1 unspecified atom stereocenters. The molecule has 2 aromatic rings. The second kappa shape index (κ2) is 8.85. The van der Waals surface area contributed by atoms with Crippen molar-refractivity contribution >= 4 is 27.5 Å².